The molecule has 0 amide bonds. The van der Waals surface area contributed by atoms with Crippen molar-refractivity contribution in [1.29, 1.82) is 0 Å². The molecule has 0 aromatic carbocycles. The summed E-state index contributed by atoms with van der Waals surface area (Å²) in [4.78, 5) is 13.4. The highest BCUT2D eigenvalue weighted by Gasteiger charge is 2.27. The number of nitrogens with one attached hydrogen (secondary N) is 1. The van der Waals surface area contributed by atoms with Crippen LogP contribution in [0.1, 0.15) is 38.5 Å². The smallest absolute Gasteiger partial charge is 0.320 e. The van der Waals surface area contributed by atoms with Gasteiger partial charge in [0, 0.05) is 6.04 Å². The van der Waals surface area contributed by atoms with E-state index in [2.05, 4.69) is 10.2 Å². The molecule has 1 atom stereocenters. The van der Waals surface area contributed by atoms with E-state index in [9.17, 15) is 9.90 Å². The molecule has 2 fully saturated rings. The molecule has 1 aliphatic heterocycles. The van der Waals surface area contributed by atoms with E-state index in [1.807, 2.05) is 0 Å². The topological polar surface area (TPSA) is 52.6 Å². The fourth-order valence-corrected chi connectivity index (χ4v) is 2.40. The number of carboxylic acid groups (broad SMARTS) is 1. The van der Waals surface area contributed by atoms with Crippen LogP contribution < -0.4 is 5.32 Å². The molecule has 0 bridgehead atoms. The van der Waals surface area contributed by atoms with Gasteiger partial charge in [-0.15, -0.1) is 0 Å². The molecule has 2 N–H and O–H groups in total. The predicted molar refractivity (Wildman–Crippen MR) is 62.5 cm³/mol. The van der Waals surface area contributed by atoms with Crippen LogP contribution in [0.3, 0.4) is 0 Å². The fraction of sp³-hybridized carbons (Fsp3) is 0.917. The molecule has 1 saturated heterocycles. The minimum absolute atomic E-state index is 0.272. The van der Waals surface area contributed by atoms with Gasteiger partial charge in [0.25, 0.3) is 0 Å². The largest absolute Gasteiger partial charge is 0.480 e. The van der Waals surface area contributed by atoms with Crippen molar-refractivity contribution < 1.29 is 9.90 Å². The molecule has 2 aliphatic rings. The zero-order chi connectivity index (χ0) is 11.4. The molecule has 0 aromatic heterocycles. The van der Waals surface area contributed by atoms with Gasteiger partial charge in [0.1, 0.15) is 6.04 Å². The Labute approximate surface area is 97.0 Å². The Balaban J connectivity index is 1.75. The van der Waals surface area contributed by atoms with Crippen LogP contribution in [0, 0.1) is 0 Å². The number of aliphatic carboxylic acids is 1. The van der Waals surface area contributed by atoms with E-state index in [0.717, 1.165) is 38.9 Å². The first-order valence-corrected chi connectivity index (χ1v) is 6.47. The highest BCUT2D eigenvalue weighted by Crippen LogP contribution is 2.19. The van der Waals surface area contributed by atoms with E-state index in [4.69, 9.17) is 0 Å². The van der Waals surface area contributed by atoms with Crippen molar-refractivity contribution in [2.45, 2.75) is 50.6 Å². The number of carbonyl (C=O) groups is 1. The third-order valence-electron chi connectivity index (χ3n) is 3.54. The van der Waals surface area contributed by atoms with Gasteiger partial charge in [0.05, 0.1) is 0 Å². The van der Waals surface area contributed by atoms with E-state index in [0.29, 0.717) is 6.04 Å². The Bertz CT molecular complexity index is 235. The van der Waals surface area contributed by atoms with Gasteiger partial charge < -0.3 is 10.4 Å². The average molecular weight is 226 g/mol. The van der Waals surface area contributed by atoms with Crippen LogP contribution in [0.25, 0.3) is 0 Å². The quantitative estimate of drug-likeness (QED) is 0.711. The van der Waals surface area contributed by atoms with E-state index < -0.39 is 5.97 Å². The van der Waals surface area contributed by atoms with Crippen LogP contribution in [0.4, 0.5) is 0 Å². The molecule has 0 radical (unpaired) electrons. The summed E-state index contributed by atoms with van der Waals surface area (Å²) in [7, 11) is 0. The van der Waals surface area contributed by atoms with Crippen molar-refractivity contribution in [2.24, 2.45) is 0 Å². The van der Waals surface area contributed by atoms with Crippen LogP contribution >= 0.6 is 0 Å². The molecule has 4 heteroatoms. The molecular formula is C12H22N2O2. The minimum atomic E-state index is -0.653. The first-order chi connectivity index (χ1) is 7.77. The van der Waals surface area contributed by atoms with Crippen molar-refractivity contribution in [3.8, 4) is 0 Å². The molecule has 1 heterocycles. The lowest BCUT2D eigenvalue weighted by Crippen LogP contribution is -2.45. The zero-order valence-electron chi connectivity index (χ0n) is 9.82. The van der Waals surface area contributed by atoms with Crippen molar-refractivity contribution >= 4 is 5.97 Å². The molecule has 0 aromatic rings. The Morgan fingerprint density at radius 2 is 2.00 bits per heavy atom. The number of piperidine rings is 1. The van der Waals surface area contributed by atoms with Gasteiger partial charge in [-0.05, 0) is 51.7 Å². The molecule has 1 unspecified atom stereocenters. The Kier molecular flexibility index (Phi) is 4.18. The number of rotatable bonds is 6. The second-order valence-corrected chi connectivity index (χ2v) is 4.97. The van der Waals surface area contributed by atoms with Crippen LogP contribution in [-0.4, -0.2) is 47.7 Å². The Morgan fingerprint density at radius 3 is 2.56 bits per heavy atom. The van der Waals surface area contributed by atoms with Gasteiger partial charge >= 0.3 is 5.97 Å². The van der Waals surface area contributed by atoms with Gasteiger partial charge in [-0.3, -0.25) is 9.69 Å². The lowest BCUT2D eigenvalue weighted by Gasteiger charge is -2.32. The Morgan fingerprint density at radius 1 is 1.31 bits per heavy atom. The maximum absolute atomic E-state index is 11.2. The molecule has 16 heavy (non-hydrogen) atoms. The van der Waals surface area contributed by atoms with Crippen LogP contribution in [0.2, 0.25) is 0 Å². The van der Waals surface area contributed by atoms with Gasteiger partial charge in [0.2, 0.25) is 0 Å². The van der Waals surface area contributed by atoms with Crippen LogP contribution in [0.15, 0.2) is 0 Å². The highest BCUT2D eigenvalue weighted by molar-refractivity contribution is 5.73. The van der Waals surface area contributed by atoms with E-state index in [-0.39, 0.29) is 6.04 Å². The number of carboxylic acids is 1. The third-order valence-corrected chi connectivity index (χ3v) is 3.54. The second kappa shape index (κ2) is 5.64. The SMILES string of the molecule is O=C(O)C(CCNC1CC1)N1CCCCC1. The van der Waals surface area contributed by atoms with Gasteiger partial charge in [-0.25, -0.2) is 0 Å². The molecule has 1 aliphatic carbocycles. The number of likely N-dealkylation sites (tertiary alicyclic amines) is 1. The van der Waals surface area contributed by atoms with Crippen molar-refractivity contribution in [1.82, 2.24) is 10.2 Å². The minimum Gasteiger partial charge on any atom is -0.480 e. The summed E-state index contributed by atoms with van der Waals surface area (Å²) >= 11 is 0. The van der Waals surface area contributed by atoms with Crippen molar-refractivity contribution in [3.05, 3.63) is 0 Å². The predicted octanol–water partition coefficient (Wildman–Crippen LogP) is 1.07. The summed E-state index contributed by atoms with van der Waals surface area (Å²) in [6.07, 6.45) is 6.83. The van der Waals surface area contributed by atoms with Crippen LogP contribution in [0.5, 0.6) is 0 Å². The summed E-state index contributed by atoms with van der Waals surface area (Å²) in [6, 6.07) is 0.405. The van der Waals surface area contributed by atoms with Gasteiger partial charge in [-0.2, -0.15) is 0 Å². The molecule has 0 spiro atoms. The lowest BCUT2D eigenvalue weighted by atomic mass is 10.1. The molecule has 1 saturated carbocycles. The average Bonchev–Trinajstić information content (AvgIpc) is 3.09. The first kappa shape index (κ1) is 11.9. The summed E-state index contributed by atoms with van der Waals surface area (Å²) in [5, 5.41) is 12.6. The summed E-state index contributed by atoms with van der Waals surface area (Å²) < 4.78 is 0. The molecule has 2 rings (SSSR count). The maximum Gasteiger partial charge on any atom is 0.320 e. The van der Waals surface area contributed by atoms with Gasteiger partial charge in [0.15, 0.2) is 0 Å². The lowest BCUT2D eigenvalue weighted by molar-refractivity contribution is -0.144. The van der Waals surface area contributed by atoms with E-state index >= 15 is 0 Å². The Hall–Kier alpha value is -0.610. The standard InChI is InChI=1S/C12H22N2O2/c15-12(16)11(6-7-13-10-4-5-10)14-8-2-1-3-9-14/h10-11,13H,1-9H2,(H,15,16). The van der Waals surface area contributed by atoms with Gasteiger partial charge in [-0.1, -0.05) is 6.42 Å². The monoisotopic (exact) mass is 226 g/mol. The fourth-order valence-electron chi connectivity index (χ4n) is 2.40. The third kappa shape index (κ3) is 3.46. The van der Waals surface area contributed by atoms with Crippen molar-refractivity contribution in [2.75, 3.05) is 19.6 Å². The highest BCUT2D eigenvalue weighted by atomic mass is 16.4. The molecule has 92 valence electrons. The van der Waals surface area contributed by atoms with E-state index in [1.54, 1.807) is 0 Å². The normalized spacial score (nSPS) is 24.2. The molecular weight excluding hydrogens is 204 g/mol. The summed E-state index contributed by atoms with van der Waals surface area (Å²) in [5.41, 5.74) is 0. The first-order valence-electron chi connectivity index (χ1n) is 6.47. The number of nitrogens with zero attached hydrogens (tertiary/aromatic N) is 1. The molecule has 4 nitrogen and oxygen atoms in total. The number of hydrogen-bond donors (Lipinski definition) is 2. The summed E-state index contributed by atoms with van der Waals surface area (Å²) in [6.45, 7) is 2.76. The zero-order valence-corrected chi connectivity index (χ0v) is 9.82. The summed E-state index contributed by atoms with van der Waals surface area (Å²) in [5.74, 6) is -0.653. The number of hydrogen-bond acceptors (Lipinski definition) is 3. The van der Waals surface area contributed by atoms with E-state index in [1.165, 1.54) is 19.3 Å². The van der Waals surface area contributed by atoms with Crippen LogP contribution in [-0.2, 0) is 4.79 Å². The van der Waals surface area contributed by atoms with Crippen molar-refractivity contribution in [3.63, 3.8) is 0 Å². The maximum atomic E-state index is 11.2. The second-order valence-electron chi connectivity index (χ2n) is 4.97.